The van der Waals surface area contributed by atoms with Crippen molar-refractivity contribution in [2.24, 2.45) is 0 Å². The SMILES string of the molecule is N#Cc1ccc(CN2CCCN(c3ccc(NC(=O)COc4ccccc4)cc3)C2=O)cc1. The molecule has 1 saturated heterocycles. The lowest BCUT2D eigenvalue weighted by molar-refractivity contribution is -0.118. The molecule has 33 heavy (non-hydrogen) atoms. The molecule has 0 bridgehead atoms. The summed E-state index contributed by atoms with van der Waals surface area (Å²) in [5.74, 6) is 0.381. The van der Waals surface area contributed by atoms with Gasteiger partial charge >= 0.3 is 6.03 Å². The number of nitriles is 1. The van der Waals surface area contributed by atoms with Crippen LogP contribution >= 0.6 is 0 Å². The molecule has 0 aliphatic carbocycles. The first-order valence-electron chi connectivity index (χ1n) is 10.8. The Morgan fingerprint density at radius 3 is 2.39 bits per heavy atom. The number of rotatable bonds is 7. The largest absolute Gasteiger partial charge is 0.484 e. The first-order chi connectivity index (χ1) is 16.1. The van der Waals surface area contributed by atoms with Gasteiger partial charge in [-0.15, -0.1) is 0 Å². The Balaban J connectivity index is 1.33. The zero-order valence-corrected chi connectivity index (χ0v) is 18.1. The second-order valence-corrected chi connectivity index (χ2v) is 7.71. The zero-order chi connectivity index (χ0) is 23.0. The molecule has 1 fully saturated rings. The summed E-state index contributed by atoms with van der Waals surface area (Å²) in [4.78, 5) is 28.8. The van der Waals surface area contributed by atoms with E-state index in [0.717, 1.165) is 17.7 Å². The van der Waals surface area contributed by atoms with Crippen LogP contribution in [0, 0.1) is 11.3 Å². The van der Waals surface area contributed by atoms with Crippen molar-refractivity contribution in [3.05, 3.63) is 90.0 Å². The van der Waals surface area contributed by atoms with Crippen LogP contribution in [0.4, 0.5) is 16.2 Å². The van der Waals surface area contributed by atoms with Crippen LogP contribution < -0.4 is 15.0 Å². The lowest BCUT2D eigenvalue weighted by Crippen LogP contribution is -2.49. The van der Waals surface area contributed by atoms with Crippen molar-refractivity contribution in [3.63, 3.8) is 0 Å². The molecular weight excluding hydrogens is 416 g/mol. The molecule has 3 amide bonds. The molecule has 1 heterocycles. The number of nitrogens with zero attached hydrogens (tertiary/aromatic N) is 3. The van der Waals surface area contributed by atoms with Gasteiger partial charge in [-0.1, -0.05) is 30.3 Å². The first kappa shape index (κ1) is 21.9. The summed E-state index contributed by atoms with van der Waals surface area (Å²) >= 11 is 0. The Labute approximate surface area is 192 Å². The second-order valence-electron chi connectivity index (χ2n) is 7.71. The van der Waals surface area contributed by atoms with Gasteiger partial charge in [0.05, 0.1) is 11.6 Å². The number of amides is 3. The topological polar surface area (TPSA) is 85.7 Å². The molecule has 7 heteroatoms. The van der Waals surface area contributed by atoms with E-state index in [1.165, 1.54) is 0 Å². The predicted molar refractivity (Wildman–Crippen MR) is 126 cm³/mol. The third-order valence-electron chi connectivity index (χ3n) is 5.34. The quantitative estimate of drug-likeness (QED) is 0.590. The van der Waals surface area contributed by atoms with Crippen molar-refractivity contribution >= 4 is 23.3 Å². The lowest BCUT2D eigenvalue weighted by Gasteiger charge is -2.35. The summed E-state index contributed by atoms with van der Waals surface area (Å²) in [5.41, 5.74) is 3.01. The van der Waals surface area contributed by atoms with Gasteiger partial charge in [0, 0.05) is 31.0 Å². The van der Waals surface area contributed by atoms with Crippen LogP contribution in [0.3, 0.4) is 0 Å². The van der Waals surface area contributed by atoms with Crippen molar-refractivity contribution in [1.82, 2.24) is 4.90 Å². The number of para-hydroxylation sites is 1. The molecule has 4 rings (SSSR count). The standard InChI is InChI=1S/C26H24N4O3/c27-17-20-7-9-21(10-8-20)18-29-15-4-16-30(26(29)32)23-13-11-22(12-14-23)28-25(31)19-33-24-5-2-1-3-6-24/h1-3,5-14H,4,15-16,18-19H2,(H,28,31). The van der Waals surface area contributed by atoms with E-state index in [-0.39, 0.29) is 18.5 Å². The normalized spacial score (nSPS) is 13.4. The highest BCUT2D eigenvalue weighted by Gasteiger charge is 2.26. The minimum Gasteiger partial charge on any atom is -0.484 e. The van der Waals surface area contributed by atoms with Crippen molar-refractivity contribution < 1.29 is 14.3 Å². The number of ether oxygens (including phenoxy) is 1. The minimum absolute atomic E-state index is 0.0568. The van der Waals surface area contributed by atoms with Gasteiger partial charge in [-0.25, -0.2) is 4.79 Å². The third kappa shape index (κ3) is 5.69. The summed E-state index contributed by atoms with van der Waals surface area (Å²) in [6, 6.07) is 25.7. The van der Waals surface area contributed by atoms with Crippen molar-refractivity contribution in [1.29, 1.82) is 5.26 Å². The van der Waals surface area contributed by atoms with Gasteiger partial charge in [-0.2, -0.15) is 5.26 Å². The van der Waals surface area contributed by atoms with Crippen molar-refractivity contribution in [3.8, 4) is 11.8 Å². The smallest absolute Gasteiger partial charge is 0.324 e. The molecule has 1 aliphatic rings. The molecule has 0 atom stereocenters. The van der Waals surface area contributed by atoms with Gasteiger partial charge < -0.3 is 15.0 Å². The molecule has 3 aromatic rings. The first-order valence-corrected chi connectivity index (χ1v) is 10.8. The van der Waals surface area contributed by atoms with Gasteiger partial charge in [0.15, 0.2) is 6.61 Å². The van der Waals surface area contributed by atoms with E-state index in [1.54, 1.807) is 41.3 Å². The number of benzene rings is 3. The van der Waals surface area contributed by atoms with E-state index in [4.69, 9.17) is 10.00 Å². The molecule has 0 spiro atoms. The van der Waals surface area contributed by atoms with Crippen LogP contribution in [0.25, 0.3) is 0 Å². The van der Waals surface area contributed by atoms with Crippen LogP contribution in [0.15, 0.2) is 78.9 Å². The number of hydrogen-bond donors (Lipinski definition) is 1. The Bertz CT molecular complexity index is 1140. The Kier molecular flexibility index (Phi) is 6.86. The summed E-state index contributed by atoms with van der Waals surface area (Å²) in [5, 5.41) is 11.7. The van der Waals surface area contributed by atoms with E-state index in [0.29, 0.717) is 36.6 Å². The van der Waals surface area contributed by atoms with Crippen molar-refractivity contribution in [2.45, 2.75) is 13.0 Å². The van der Waals surface area contributed by atoms with E-state index >= 15 is 0 Å². The van der Waals surface area contributed by atoms with E-state index in [9.17, 15) is 9.59 Å². The molecule has 0 aromatic heterocycles. The van der Waals surface area contributed by atoms with Gasteiger partial charge in [-0.3, -0.25) is 9.69 Å². The summed E-state index contributed by atoms with van der Waals surface area (Å²) in [7, 11) is 0. The van der Waals surface area contributed by atoms with Gasteiger partial charge in [0.2, 0.25) is 0 Å². The molecular formula is C26H24N4O3. The monoisotopic (exact) mass is 440 g/mol. The maximum absolute atomic E-state index is 13.0. The molecule has 0 saturated carbocycles. The van der Waals surface area contributed by atoms with E-state index in [2.05, 4.69) is 11.4 Å². The lowest BCUT2D eigenvalue weighted by atomic mass is 10.1. The predicted octanol–water partition coefficient (Wildman–Crippen LogP) is 4.41. The highest BCUT2D eigenvalue weighted by molar-refractivity contribution is 5.94. The fourth-order valence-electron chi connectivity index (χ4n) is 3.66. The van der Waals surface area contributed by atoms with Crippen LogP contribution in [0.5, 0.6) is 5.75 Å². The number of carbonyl (C=O) groups excluding carboxylic acids is 2. The minimum atomic E-state index is -0.255. The fraction of sp³-hybridized carbons (Fsp3) is 0.192. The van der Waals surface area contributed by atoms with Crippen LogP contribution in [0.1, 0.15) is 17.5 Å². The average molecular weight is 441 g/mol. The third-order valence-corrected chi connectivity index (χ3v) is 5.34. The Morgan fingerprint density at radius 1 is 0.970 bits per heavy atom. The molecule has 3 aromatic carbocycles. The maximum atomic E-state index is 13.0. The summed E-state index contributed by atoms with van der Waals surface area (Å²) < 4.78 is 5.46. The highest BCUT2D eigenvalue weighted by atomic mass is 16.5. The Morgan fingerprint density at radius 2 is 1.70 bits per heavy atom. The second kappa shape index (κ2) is 10.3. The molecule has 7 nitrogen and oxygen atoms in total. The number of hydrogen-bond acceptors (Lipinski definition) is 4. The van der Waals surface area contributed by atoms with Crippen molar-refractivity contribution in [2.75, 3.05) is 29.9 Å². The average Bonchev–Trinajstić information content (AvgIpc) is 2.86. The number of carbonyl (C=O) groups is 2. The molecule has 166 valence electrons. The molecule has 1 aliphatic heterocycles. The van der Waals surface area contributed by atoms with Crippen LogP contribution in [-0.4, -0.2) is 36.5 Å². The molecule has 0 radical (unpaired) electrons. The Hall–Kier alpha value is -4.31. The maximum Gasteiger partial charge on any atom is 0.324 e. The van der Waals surface area contributed by atoms with Crippen LogP contribution in [-0.2, 0) is 11.3 Å². The van der Waals surface area contributed by atoms with Gasteiger partial charge in [-0.05, 0) is 60.5 Å². The molecule has 1 N–H and O–H groups in total. The summed E-state index contributed by atoms with van der Waals surface area (Å²) in [6.07, 6.45) is 0.858. The number of nitrogens with one attached hydrogen (secondary N) is 1. The molecule has 0 unspecified atom stereocenters. The van der Waals surface area contributed by atoms with E-state index < -0.39 is 0 Å². The number of anilines is 2. The fourth-order valence-corrected chi connectivity index (χ4v) is 3.66. The van der Waals surface area contributed by atoms with Crippen LogP contribution in [0.2, 0.25) is 0 Å². The zero-order valence-electron chi connectivity index (χ0n) is 18.1. The van der Waals surface area contributed by atoms with Gasteiger partial charge in [0.1, 0.15) is 5.75 Å². The van der Waals surface area contributed by atoms with Gasteiger partial charge in [0.25, 0.3) is 5.91 Å². The number of urea groups is 1. The highest BCUT2D eigenvalue weighted by Crippen LogP contribution is 2.23. The summed E-state index contributed by atoms with van der Waals surface area (Å²) in [6.45, 7) is 1.74. The van der Waals surface area contributed by atoms with E-state index in [1.807, 2.05) is 47.4 Å².